The molecule has 0 atom stereocenters. The quantitative estimate of drug-likeness (QED) is 0.685. The van der Waals surface area contributed by atoms with Crippen molar-refractivity contribution in [2.45, 2.75) is 32.7 Å². The lowest BCUT2D eigenvalue weighted by molar-refractivity contribution is 0.234. The molecule has 1 rings (SSSR count). The summed E-state index contributed by atoms with van der Waals surface area (Å²) in [6, 6.07) is 8.00. The van der Waals surface area contributed by atoms with E-state index in [1.807, 2.05) is 24.3 Å². The summed E-state index contributed by atoms with van der Waals surface area (Å²) in [7, 11) is 2.15. The monoisotopic (exact) mass is 250 g/mol. The number of ether oxygens (including phenoxy) is 1. The minimum absolute atomic E-state index is 0.564. The number of hydrogen-bond acceptors (Lipinski definition) is 3. The first-order chi connectivity index (χ1) is 8.76. The molecule has 0 heterocycles. The molecular formula is C15H26N2O. The Balaban J connectivity index is 2.20. The predicted molar refractivity (Wildman–Crippen MR) is 76.9 cm³/mol. The Labute approximate surface area is 111 Å². The van der Waals surface area contributed by atoms with E-state index in [4.69, 9.17) is 10.5 Å². The summed E-state index contributed by atoms with van der Waals surface area (Å²) in [5, 5.41) is 0. The fourth-order valence-corrected chi connectivity index (χ4v) is 1.83. The van der Waals surface area contributed by atoms with Crippen LogP contribution in [-0.4, -0.2) is 31.6 Å². The van der Waals surface area contributed by atoms with Crippen LogP contribution in [0.1, 0.15) is 31.7 Å². The number of rotatable bonds is 9. The van der Waals surface area contributed by atoms with Crippen LogP contribution in [-0.2, 0) is 6.54 Å². The number of hydrogen-bond donors (Lipinski definition) is 1. The van der Waals surface area contributed by atoms with Crippen molar-refractivity contribution in [3.8, 4) is 5.75 Å². The van der Waals surface area contributed by atoms with Crippen LogP contribution in [0.2, 0.25) is 0 Å². The van der Waals surface area contributed by atoms with Crippen molar-refractivity contribution in [2.24, 2.45) is 5.73 Å². The molecule has 0 aliphatic rings. The number of benzene rings is 1. The molecule has 0 amide bonds. The molecule has 0 aromatic heterocycles. The van der Waals surface area contributed by atoms with Crippen LogP contribution in [0.25, 0.3) is 0 Å². The van der Waals surface area contributed by atoms with Crippen LogP contribution in [0.15, 0.2) is 24.3 Å². The molecule has 3 nitrogen and oxygen atoms in total. The zero-order valence-corrected chi connectivity index (χ0v) is 11.7. The van der Waals surface area contributed by atoms with Gasteiger partial charge in [-0.15, -0.1) is 0 Å². The number of likely N-dealkylation sites (N-methyl/N-ethyl adjacent to an activating group) is 1. The molecule has 0 spiro atoms. The molecule has 1 aromatic rings. The largest absolute Gasteiger partial charge is 0.492 e. The van der Waals surface area contributed by atoms with Gasteiger partial charge in [0.05, 0.1) is 0 Å². The topological polar surface area (TPSA) is 38.5 Å². The number of unbranched alkanes of at least 4 members (excludes halogenated alkanes) is 2. The molecule has 18 heavy (non-hydrogen) atoms. The normalized spacial score (nSPS) is 10.9. The molecule has 0 saturated heterocycles. The summed E-state index contributed by atoms with van der Waals surface area (Å²) < 4.78 is 5.73. The Hall–Kier alpha value is -1.06. The van der Waals surface area contributed by atoms with Crippen molar-refractivity contribution in [1.29, 1.82) is 0 Å². The average Bonchev–Trinajstić information content (AvgIpc) is 2.39. The Kier molecular flexibility index (Phi) is 7.46. The van der Waals surface area contributed by atoms with Gasteiger partial charge in [-0.2, -0.15) is 0 Å². The second kappa shape index (κ2) is 8.95. The maximum atomic E-state index is 5.73. The van der Waals surface area contributed by atoms with Crippen molar-refractivity contribution in [2.75, 3.05) is 26.7 Å². The van der Waals surface area contributed by atoms with Crippen molar-refractivity contribution in [3.05, 3.63) is 29.8 Å². The summed E-state index contributed by atoms with van der Waals surface area (Å²) in [5.41, 5.74) is 6.71. The Bertz CT molecular complexity index is 328. The molecule has 0 saturated carbocycles. The van der Waals surface area contributed by atoms with E-state index in [1.165, 1.54) is 19.3 Å². The summed E-state index contributed by atoms with van der Waals surface area (Å²) in [4.78, 5) is 2.32. The summed E-state index contributed by atoms with van der Waals surface area (Å²) in [6.45, 7) is 5.65. The molecule has 102 valence electrons. The van der Waals surface area contributed by atoms with E-state index in [0.717, 1.165) is 31.0 Å². The predicted octanol–water partition coefficient (Wildman–Crippen LogP) is 2.65. The van der Waals surface area contributed by atoms with Gasteiger partial charge in [-0.25, -0.2) is 0 Å². The van der Waals surface area contributed by atoms with Crippen LogP contribution in [0, 0.1) is 0 Å². The molecule has 1 aromatic carbocycles. The molecule has 3 heteroatoms. The molecule has 0 bridgehead atoms. The van der Waals surface area contributed by atoms with Gasteiger partial charge in [-0.3, -0.25) is 0 Å². The standard InChI is InChI=1S/C15H26N2O/c1-3-4-5-9-17(2)10-11-18-15-8-6-7-14(12-15)13-16/h6-8,12H,3-5,9-11,13,16H2,1-2H3. The Morgan fingerprint density at radius 3 is 2.78 bits per heavy atom. The van der Waals surface area contributed by atoms with Crippen molar-refractivity contribution in [1.82, 2.24) is 4.90 Å². The van der Waals surface area contributed by atoms with Gasteiger partial charge in [-0.05, 0) is 37.7 Å². The minimum atomic E-state index is 0.564. The van der Waals surface area contributed by atoms with Gasteiger partial charge in [0, 0.05) is 13.1 Å². The first-order valence-corrected chi connectivity index (χ1v) is 6.86. The zero-order chi connectivity index (χ0) is 13.2. The molecule has 2 N–H and O–H groups in total. The van der Waals surface area contributed by atoms with Crippen molar-refractivity contribution >= 4 is 0 Å². The summed E-state index contributed by atoms with van der Waals surface area (Å²) in [5.74, 6) is 0.917. The van der Waals surface area contributed by atoms with Gasteiger partial charge in [0.1, 0.15) is 12.4 Å². The van der Waals surface area contributed by atoms with Crippen LogP contribution in [0.5, 0.6) is 5.75 Å². The smallest absolute Gasteiger partial charge is 0.119 e. The van der Waals surface area contributed by atoms with E-state index in [9.17, 15) is 0 Å². The summed E-state index contributed by atoms with van der Waals surface area (Å²) in [6.07, 6.45) is 3.86. The van der Waals surface area contributed by atoms with Gasteiger partial charge >= 0.3 is 0 Å². The lowest BCUT2D eigenvalue weighted by Crippen LogP contribution is -2.25. The van der Waals surface area contributed by atoms with Gasteiger partial charge in [-0.1, -0.05) is 31.9 Å². The third-order valence-corrected chi connectivity index (χ3v) is 3.02. The third kappa shape index (κ3) is 6.03. The van der Waals surface area contributed by atoms with Gasteiger partial charge < -0.3 is 15.4 Å². The SMILES string of the molecule is CCCCCN(C)CCOc1cccc(CN)c1. The lowest BCUT2D eigenvalue weighted by atomic mass is 10.2. The zero-order valence-electron chi connectivity index (χ0n) is 11.7. The highest BCUT2D eigenvalue weighted by Gasteiger charge is 1.99. The van der Waals surface area contributed by atoms with Gasteiger partial charge in [0.2, 0.25) is 0 Å². The molecular weight excluding hydrogens is 224 g/mol. The van der Waals surface area contributed by atoms with E-state index in [-0.39, 0.29) is 0 Å². The minimum Gasteiger partial charge on any atom is -0.492 e. The number of nitrogens with two attached hydrogens (primary N) is 1. The van der Waals surface area contributed by atoms with E-state index in [1.54, 1.807) is 0 Å². The molecule has 0 radical (unpaired) electrons. The van der Waals surface area contributed by atoms with Crippen LogP contribution in [0.3, 0.4) is 0 Å². The molecule has 0 fully saturated rings. The molecule has 0 aliphatic heterocycles. The van der Waals surface area contributed by atoms with E-state index < -0.39 is 0 Å². The lowest BCUT2D eigenvalue weighted by Gasteiger charge is -2.16. The maximum absolute atomic E-state index is 5.73. The second-order valence-electron chi connectivity index (χ2n) is 4.71. The highest BCUT2D eigenvalue weighted by atomic mass is 16.5. The Morgan fingerprint density at radius 2 is 2.06 bits per heavy atom. The summed E-state index contributed by atoms with van der Waals surface area (Å²) >= 11 is 0. The maximum Gasteiger partial charge on any atom is 0.119 e. The van der Waals surface area contributed by atoms with E-state index in [2.05, 4.69) is 18.9 Å². The van der Waals surface area contributed by atoms with Gasteiger partial charge in [0.25, 0.3) is 0 Å². The van der Waals surface area contributed by atoms with Crippen LogP contribution in [0.4, 0.5) is 0 Å². The van der Waals surface area contributed by atoms with Crippen LogP contribution >= 0.6 is 0 Å². The van der Waals surface area contributed by atoms with E-state index >= 15 is 0 Å². The highest BCUT2D eigenvalue weighted by molar-refractivity contribution is 5.28. The molecule has 0 unspecified atom stereocenters. The van der Waals surface area contributed by atoms with E-state index in [0.29, 0.717) is 6.54 Å². The number of nitrogens with zero attached hydrogens (tertiary/aromatic N) is 1. The van der Waals surface area contributed by atoms with Crippen molar-refractivity contribution in [3.63, 3.8) is 0 Å². The fraction of sp³-hybridized carbons (Fsp3) is 0.600. The second-order valence-corrected chi connectivity index (χ2v) is 4.71. The first kappa shape index (κ1) is 15.0. The first-order valence-electron chi connectivity index (χ1n) is 6.86. The average molecular weight is 250 g/mol. The fourth-order valence-electron chi connectivity index (χ4n) is 1.83. The van der Waals surface area contributed by atoms with Crippen molar-refractivity contribution < 1.29 is 4.74 Å². The third-order valence-electron chi connectivity index (χ3n) is 3.02. The highest BCUT2D eigenvalue weighted by Crippen LogP contribution is 2.12. The van der Waals surface area contributed by atoms with Crippen LogP contribution < -0.4 is 10.5 Å². The van der Waals surface area contributed by atoms with Gasteiger partial charge in [0.15, 0.2) is 0 Å². The molecule has 0 aliphatic carbocycles. The Morgan fingerprint density at radius 1 is 1.22 bits per heavy atom.